The van der Waals surface area contributed by atoms with E-state index in [9.17, 15) is 0 Å². The quantitative estimate of drug-likeness (QED) is 0.739. The molecule has 0 amide bonds. The smallest absolute Gasteiger partial charge is 0.205 e. The van der Waals surface area contributed by atoms with Gasteiger partial charge in [0.2, 0.25) is 5.13 Å². The van der Waals surface area contributed by atoms with Crippen molar-refractivity contribution in [2.24, 2.45) is 7.05 Å². The number of benzene rings is 1. The van der Waals surface area contributed by atoms with Crippen LogP contribution in [0.5, 0.6) is 0 Å². The molecule has 6 heteroatoms. The largest absolute Gasteiger partial charge is 0.342 e. The SMILES string of the molecule is CN(Cc1nccn1C)c1nc(-c2ccccc2)ns1. The van der Waals surface area contributed by atoms with Crippen LogP contribution in [0.2, 0.25) is 0 Å². The maximum absolute atomic E-state index is 4.59. The molecule has 0 spiro atoms. The van der Waals surface area contributed by atoms with Crippen molar-refractivity contribution in [1.29, 1.82) is 0 Å². The van der Waals surface area contributed by atoms with Crippen LogP contribution >= 0.6 is 11.5 Å². The molecule has 0 aliphatic heterocycles. The zero-order valence-corrected chi connectivity index (χ0v) is 12.2. The van der Waals surface area contributed by atoms with Crippen LogP contribution in [0.25, 0.3) is 11.4 Å². The lowest BCUT2D eigenvalue weighted by molar-refractivity contribution is 0.760. The third-order valence-electron chi connectivity index (χ3n) is 3.07. The molecule has 0 aliphatic rings. The van der Waals surface area contributed by atoms with Gasteiger partial charge in [-0.15, -0.1) is 0 Å². The Balaban J connectivity index is 1.78. The van der Waals surface area contributed by atoms with Gasteiger partial charge in [0, 0.05) is 43.6 Å². The maximum Gasteiger partial charge on any atom is 0.205 e. The second-order valence-electron chi connectivity index (χ2n) is 4.58. The summed E-state index contributed by atoms with van der Waals surface area (Å²) in [5.74, 6) is 1.78. The summed E-state index contributed by atoms with van der Waals surface area (Å²) in [7, 11) is 4.00. The van der Waals surface area contributed by atoms with Gasteiger partial charge in [-0.25, -0.2) is 4.98 Å². The molecule has 3 rings (SSSR count). The van der Waals surface area contributed by atoms with Gasteiger partial charge in [0.05, 0.1) is 6.54 Å². The van der Waals surface area contributed by atoms with Gasteiger partial charge < -0.3 is 9.47 Å². The summed E-state index contributed by atoms with van der Waals surface area (Å²) < 4.78 is 6.43. The van der Waals surface area contributed by atoms with Crippen molar-refractivity contribution in [1.82, 2.24) is 18.9 Å². The van der Waals surface area contributed by atoms with E-state index < -0.39 is 0 Å². The summed E-state index contributed by atoms with van der Waals surface area (Å²) in [6.07, 6.45) is 3.75. The Labute approximate surface area is 121 Å². The molecule has 5 nitrogen and oxygen atoms in total. The molecular formula is C14H15N5S. The maximum atomic E-state index is 4.59. The highest BCUT2D eigenvalue weighted by Gasteiger charge is 2.12. The Hall–Kier alpha value is -2.21. The van der Waals surface area contributed by atoms with E-state index in [-0.39, 0.29) is 0 Å². The Morgan fingerprint density at radius 2 is 2.05 bits per heavy atom. The lowest BCUT2D eigenvalue weighted by atomic mass is 10.2. The molecule has 3 aromatic rings. The molecule has 2 heterocycles. The van der Waals surface area contributed by atoms with Crippen molar-refractivity contribution >= 4 is 16.7 Å². The van der Waals surface area contributed by atoms with Crippen molar-refractivity contribution in [2.45, 2.75) is 6.54 Å². The zero-order chi connectivity index (χ0) is 13.9. The van der Waals surface area contributed by atoms with Crippen molar-refractivity contribution in [3.05, 3.63) is 48.5 Å². The van der Waals surface area contributed by atoms with Gasteiger partial charge in [0.1, 0.15) is 5.82 Å². The predicted octanol–water partition coefficient (Wildman–Crippen LogP) is 2.58. The minimum Gasteiger partial charge on any atom is -0.342 e. The summed E-state index contributed by atoms with van der Waals surface area (Å²) in [4.78, 5) is 11.0. The van der Waals surface area contributed by atoms with E-state index in [2.05, 4.69) is 19.2 Å². The average molecular weight is 285 g/mol. The monoisotopic (exact) mass is 285 g/mol. The molecule has 0 radical (unpaired) electrons. The molecule has 2 aromatic heterocycles. The molecule has 0 bridgehead atoms. The Bertz CT molecular complexity index is 688. The first-order valence-electron chi connectivity index (χ1n) is 6.30. The van der Waals surface area contributed by atoms with Crippen molar-refractivity contribution in [3.63, 3.8) is 0 Å². The molecule has 0 N–H and O–H groups in total. The second kappa shape index (κ2) is 5.42. The van der Waals surface area contributed by atoms with Crippen molar-refractivity contribution in [2.75, 3.05) is 11.9 Å². The number of aryl methyl sites for hydroxylation is 1. The third-order valence-corrected chi connectivity index (χ3v) is 3.90. The Morgan fingerprint density at radius 3 is 2.75 bits per heavy atom. The number of imidazole rings is 1. The predicted molar refractivity (Wildman–Crippen MR) is 80.7 cm³/mol. The second-order valence-corrected chi connectivity index (χ2v) is 5.31. The van der Waals surface area contributed by atoms with E-state index in [0.717, 1.165) is 22.3 Å². The Morgan fingerprint density at radius 1 is 1.25 bits per heavy atom. The van der Waals surface area contributed by atoms with Crippen LogP contribution in [0.15, 0.2) is 42.7 Å². The highest BCUT2D eigenvalue weighted by Crippen LogP contribution is 2.23. The highest BCUT2D eigenvalue weighted by molar-refractivity contribution is 7.09. The summed E-state index contributed by atoms with van der Waals surface area (Å²) in [5, 5.41) is 0.895. The fourth-order valence-corrected chi connectivity index (χ4v) is 2.55. The topological polar surface area (TPSA) is 46.8 Å². The molecule has 0 saturated carbocycles. The van der Waals surface area contributed by atoms with Gasteiger partial charge >= 0.3 is 0 Å². The van der Waals surface area contributed by atoms with Gasteiger partial charge in [-0.1, -0.05) is 30.3 Å². The summed E-state index contributed by atoms with van der Waals surface area (Å²) >= 11 is 1.41. The molecule has 0 saturated heterocycles. The number of rotatable bonds is 4. The molecule has 0 fully saturated rings. The molecule has 102 valence electrons. The summed E-state index contributed by atoms with van der Waals surface area (Å²) in [6, 6.07) is 10.0. The lowest BCUT2D eigenvalue weighted by Crippen LogP contribution is -2.18. The number of hydrogen-bond donors (Lipinski definition) is 0. The van der Waals surface area contributed by atoms with Crippen LogP contribution < -0.4 is 4.90 Å². The Kier molecular flexibility index (Phi) is 3.47. The number of nitrogens with zero attached hydrogens (tertiary/aromatic N) is 5. The van der Waals surface area contributed by atoms with E-state index in [1.165, 1.54) is 11.5 Å². The first-order chi connectivity index (χ1) is 9.74. The van der Waals surface area contributed by atoms with E-state index in [0.29, 0.717) is 6.54 Å². The molecule has 0 aliphatic carbocycles. The molecular weight excluding hydrogens is 270 g/mol. The number of anilines is 1. The van der Waals surface area contributed by atoms with E-state index in [1.807, 2.05) is 55.2 Å². The summed E-state index contributed by atoms with van der Waals surface area (Å²) in [6.45, 7) is 0.715. The molecule has 0 atom stereocenters. The number of aromatic nitrogens is 4. The van der Waals surface area contributed by atoms with Crippen LogP contribution in [-0.4, -0.2) is 26.0 Å². The zero-order valence-electron chi connectivity index (χ0n) is 11.4. The van der Waals surface area contributed by atoms with E-state index in [1.54, 1.807) is 6.20 Å². The van der Waals surface area contributed by atoms with Crippen molar-refractivity contribution < 1.29 is 0 Å². The van der Waals surface area contributed by atoms with Crippen LogP contribution in [-0.2, 0) is 13.6 Å². The van der Waals surface area contributed by atoms with E-state index >= 15 is 0 Å². The minimum absolute atomic E-state index is 0.715. The fraction of sp³-hybridized carbons (Fsp3) is 0.214. The van der Waals surface area contributed by atoms with Crippen molar-refractivity contribution in [3.8, 4) is 11.4 Å². The van der Waals surface area contributed by atoms with Gasteiger partial charge in [-0.2, -0.15) is 9.36 Å². The normalized spacial score (nSPS) is 10.7. The standard InChI is InChI=1S/C14H15N5S/c1-18-9-8-15-12(18)10-19(2)14-16-13(17-20-14)11-6-4-3-5-7-11/h3-9H,10H2,1-2H3. The minimum atomic E-state index is 0.715. The van der Waals surface area contributed by atoms with Gasteiger partial charge in [-0.3, -0.25) is 0 Å². The first kappa shape index (κ1) is 12.8. The highest BCUT2D eigenvalue weighted by atomic mass is 32.1. The molecule has 1 aromatic carbocycles. The van der Waals surface area contributed by atoms with Gasteiger partial charge in [0.25, 0.3) is 0 Å². The third kappa shape index (κ3) is 2.55. The van der Waals surface area contributed by atoms with Gasteiger partial charge in [0.15, 0.2) is 5.82 Å². The van der Waals surface area contributed by atoms with E-state index in [4.69, 9.17) is 0 Å². The molecule has 20 heavy (non-hydrogen) atoms. The number of hydrogen-bond acceptors (Lipinski definition) is 5. The van der Waals surface area contributed by atoms with Gasteiger partial charge in [-0.05, 0) is 0 Å². The average Bonchev–Trinajstić information content (AvgIpc) is 3.10. The molecule has 0 unspecified atom stereocenters. The van der Waals surface area contributed by atoms with Crippen LogP contribution in [0, 0.1) is 0 Å². The lowest BCUT2D eigenvalue weighted by Gasteiger charge is -2.14. The fourth-order valence-electron chi connectivity index (χ4n) is 1.90. The van der Waals surface area contributed by atoms with Crippen LogP contribution in [0.1, 0.15) is 5.82 Å². The summed E-state index contributed by atoms with van der Waals surface area (Å²) in [5.41, 5.74) is 1.04. The first-order valence-corrected chi connectivity index (χ1v) is 7.08. The van der Waals surface area contributed by atoms with Crippen LogP contribution in [0.4, 0.5) is 5.13 Å². The van der Waals surface area contributed by atoms with Crippen LogP contribution in [0.3, 0.4) is 0 Å².